The van der Waals surface area contributed by atoms with Gasteiger partial charge in [-0.05, 0) is 40.8 Å². The maximum atomic E-state index is 13.8. The van der Waals surface area contributed by atoms with E-state index < -0.39 is 0 Å². The van der Waals surface area contributed by atoms with Gasteiger partial charge in [-0.15, -0.1) is 0 Å². The Kier molecular flexibility index (Phi) is 4.04. The lowest BCUT2D eigenvalue weighted by Crippen LogP contribution is -2.41. The Balaban J connectivity index is 1.51. The number of rotatable bonds is 4. The number of anilines is 1. The molecule has 3 aromatic rings. The third-order valence-electron chi connectivity index (χ3n) is 7.02. The second kappa shape index (κ2) is 6.81. The predicted molar refractivity (Wildman–Crippen MR) is 118 cm³/mol. The van der Waals surface area contributed by atoms with Crippen molar-refractivity contribution in [2.45, 2.75) is 25.2 Å². The molecule has 3 aliphatic carbocycles. The maximum absolute atomic E-state index is 13.8. The largest absolute Gasteiger partial charge is 0.491 e. The van der Waals surface area contributed by atoms with Gasteiger partial charge in [-0.2, -0.15) is 0 Å². The van der Waals surface area contributed by atoms with Crippen LogP contribution < -0.4 is 9.64 Å². The van der Waals surface area contributed by atoms with Gasteiger partial charge in [-0.25, -0.2) is 4.90 Å². The molecule has 1 heterocycles. The molecule has 4 heteroatoms. The molecule has 2 bridgehead atoms. The van der Waals surface area contributed by atoms with Crippen molar-refractivity contribution < 1.29 is 14.3 Å². The minimum absolute atomic E-state index is 0.0902. The lowest BCUT2D eigenvalue weighted by molar-refractivity contribution is -0.122. The number of nitrogens with zero attached hydrogens (tertiary/aromatic N) is 1. The average molecular weight is 409 g/mol. The van der Waals surface area contributed by atoms with E-state index in [9.17, 15) is 9.59 Å². The van der Waals surface area contributed by atoms with Crippen LogP contribution >= 0.6 is 0 Å². The number of carbonyl (C=O) groups excluding carboxylic acids is 2. The minimum Gasteiger partial charge on any atom is -0.491 e. The second-order valence-corrected chi connectivity index (χ2v) is 8.59. The van der Waals surface area contributed by atoms with Crippen molar-refractivity contribution in [2.24, 2.45) is 11.8 Å². The summed E-state index contributed by atoms with van der Waals surface area (Å²) in [6.45, 7) is 2.58. The Morgan fingerprint density at radius 1 is 0.710 bits per heavy atom. The first-order chi connectivity index (χ1) is 15.2. The summed E-state index contributed by atoms with van der Waals surface area (Å²) < 4.78 is 5.90. The molecule has 31 heavy (non-hydrogen) atoms. The quantitative estimate of drug-likeness (QED) is 0.578. The summed E-state index contributed by atoms with van der Waals surface area (Å²) in [7, 11) is 0. The number of hydrogen-bond donors (Lipinski definition) is 0. The van der Waals surface area contributed by atoms with E-state index in [1.165, 1.54) is 27.2 Å². The zero-order chi connectivity index (χ0) is 21.1. The summed E-state index contributed by atoms with van der Waals surface area (Å²) in [5.74, 6) is -0.557. The fourth-order valence-electron chi connectivity index (χ4n) is 5.89. The van der Waals surface area contributed by atoms with E-state index >= 15 is 0 Å². The molecular formula is C27H23NO3. The van der Waals surface area contributed by atoms with Crippen LogP contribution in [0.5, 0.6) is 5.75 Å². The molecule has 154 valence electrons. The van der Waals surface area contributed by atoms with Crippen molar-refractivity contribution in [3.05, 3.63) is 95.1 Å². The summed E-state index contributed by atoms with van der Waals surface area (Å²) in [5.41, 5.74) is 5.31. The van der Waals surface area contributed by atoms with Gasteiger partial charge >= 0.3 is 0 Å². The zero-order valence-corrected chi connectivity index (χ0v) is 17.3. The van der Waals surface area contributed by atoms with Gasteiger partial charge in [-0.1, -0.05) is 67.6 Å². The summed E-state index contributed by atoms with van der Waals surface area (Å²) in [6, 6.07) is 24.0. The Labute approximate surface area is 181 Å². The van der Waals surface area contributed by atoms with Gasteiger partial charge in [0.15, 0.2) is 0 Å². The number of carbonyl (C=O) groups is 2. The van der Waals surface area contributed by atoms with Crippen LogP contribution in [0.2, 0.25) is 0 Å². The van der Waals surface area contributed by atoms with Crippen molar-refractivity contribution in [1.29, 1.82) is 0 Å². The van der Waals surface area contributed by atoms with Crippen LogP contribution in [0.3, 0.4) is 0 Å². The van der Waals surface area contributed by atoms with Crippen molar-refractivity contribution in [2.75, 3.05) is 11.5 Å². The Morgan fingerprint density at radius 2 is 1.16 bits per heavy atom. The van der Waals surface area contributed by atoms with Crippen LogP contribution in [-0.2, 0) is 9.59 Å². The fourth-order valence-corrected chi connectivity index (χ4v) is 5.89. The highest BCUT2D eigenvalue weighted by molar-refractivity contribution is 6.24. The summed E-state index contributed by atoms with van der Waals surface area (Å²) >= 11 is 0. The minimum atomic E-state index is -0.374. The number of para-hydroxylation sites is 2. The van der Waals surface area contributed by atoms with E-state index in [0.29, 0.717) is 18.0 Å². The van der Waals surface area contributed by atoms with Gasteiger partial charge in [0.25, 0.3) is 0 Å². The van der Waals surface area contributed by atoms with Crippen molar-refractivity contribution in [3.8, 4) is 5.75 Å². The van der Waals surface area contributed by atoms with Gasteiger partial charge < -0.3 is 4.74 Å². The van der Waals surface area contributed by atoms with Crippen LogP contribution in [0.4, 0.5) is 5.69 Å². The molecule has 1 aliphatic heterocycles. The van der Waals surface area contributed by atoms with Crippen LogP contribution in [0.1, 0.15) is 47.4 Å². The van der Waals surface area contributed by atoms with Crippen molar-refractivity contribution in [1.82, 2.24) is 0 Å². The topological polar surface area (TPSA) is 46.6 Å². The second-order valence-electron chi connectivity index (χ2n) is 8.59. The Morgan fingerprint density at radius 3 is 1.65 bits per heavy atom. The van der Waals surface area contributed by atoms with Crippen LogP contribution in [0, 0.1) is 11.8 Å². The average Bonchev–Trinajstić information content (AvgIpc) is 3.08. The molecule has 4 aliphatic rings. The molecule has 4 nitrogen and oxygen atoms in total. The summed E-state index contributed by atoms with van der Waals surface area (Å²) in [6.07, 6.45) is 0.857. The highest BCUT2D eigenvalue weighted by Crippen LogP contribution is 2.61. The number of benzene rings is 3. The number of hydrogen-bond acceptors (Lipinski definition) is 3. The van der Waals surface area contributed by atoms with E-state index in [2.05, 4.69) is 24.3 Å². The van der Waals surface area contributed by atoms with E-state index in [-0.39, 0.29) is 35.5 Å². The molecule has 3 aromatic carbocycles. The predicted octanol–water partition coefficient (Wildman–Crippen LogP) is 4.87. The lowest BCUT2D eigenvalue weighted by atomic mass is 9.55. The van der Waals surface area contributed by atoms with Crippen LogP contribution in [-0.4, -0.2) is 18.4 Å². The molecule has 0 aromatic heterocycles. The molecular weight excluding hydrogens is 386 g/mol. The van der Waals surface area contributed by atoms with Gasteiger partial charge in [0.1, 0.15) is 5.75 Å². The Bertz CT molecular complexity index is 1100. The Hall–Kier alpha value is -3.40. The normalized spacial score (nSPS) is 25.3. The van der Waals surface area contributed by atoms with E-state index in [4.69, 9.17) is 4.74 Å². The SMILES string of the molecule is CCCOc1ccccc1N1C(=O)[C@@H]2C3c4ccccc4C(c4ccccc43)[C@H]2C1=O. The van der Waals surface area contributed by atoms with Crippen molar-refractivity contribution in [3.63, 3.8) is 0 Å². The molecule has 0 N–H and O–H groups in total. The van der Waals surface area contributed by atoms with E-state index in [1.807, 2.05) is 55.5 Å². The number of ether oxygens (including phenoxy) is 1. The molecule has 1 saturated heterocycles. The van der Waals surface area contributed by atoms with Gasteiger partial charge in [-0.3, -0.25) is 9.59 Å². The molecule has 0 radical (unpaired) electrons. The first kappa shape index (κ1) is 18.4. The maximum Gasteiger partial charge on any atom is 0.238 e. The standard InChI is InChI=1S/C27H23NO3/c1-2-15-31-21-14-8-7-13-20(21)28-26(29)24-22-16-9-3-4-10-17(16)23(25(24)27(28)30)19-12-6-5-11-18(19)22/h3-14,22-25H,2,15H2,1H3/t22?,23?,24-,25-/m1/s1. The van der Waals surface area contributed by atoms with Gasteiger partial charge in [0.05, 0.1) is 24.1 Å². The molecule has 1 fully saturated rings. The smallest absolute Gasteiger partial charge is 0.238 e. The summed E-state index contributed by atoms with van der Waals surface area (Å²) in [5, 5.41) is 0. The molecule has 0 spiro atoms. The molecule has 2 amide bonds. The number of imide groups is 1. The first-order valence-electron chi connectivity index (χ1n) is 11.0. The van der Waals surface area contributed by atoms with Gasteiger partial charge in [0.2, 0.25) is 11.8 Å². The van der Waals surface area contributed by atoms with Crippen LogP contribution in [0.15, 0.2) is 72.8 Å². The fraction of sp³-hybridized carbons (Fsp3) is 0.259. The lowest BCUT2D eigenvalue weighted by Gasteiger charge is -2.45. The highest BCUT2D eigenvalue weighted by atomic mass is 16.5. The van der Waals surface area contributed by atoms with Gasteiger partial charge in [0, 0.05) is 11.8 Å². The summed E-state index contributed by atoms with van der Waals surface area (Å²) in [4.78, 5) is 29.1. The van der Waals surface area contributed by atoms with Crippen molar-refractivity contribution >= 4 is 17.5 Å². The van der Waals surface area contributed by atoms with Crippen LogP contribution in [0.25, 0.3) is 0 Å². The van der Waals surface area contributed by atoms with E-state index in [0.717, 1.165) is 6.42 Å². The monoisotopic (exact) mass is 409 g/mol. The molecule has 7 rings (SSSR count). The third kappa shape index (κ3) is 2.42. The first-order valence-corrected chi connectivity index (χ1v) is 11.0. The van der Waals surface area contributed by atoms with E-state index in [1.54, 1.807) is 0 Å². The molecule has 0 saturated carbocycles. The molecule has 0 unspecified atom stereocenters. The third-order valence-corrected chi connectivity index (χ3v) is 7.02. The zero-order valence-electron chi connectivity index (χ0n) is 17.3. The molecule has 2 atom stereocenters. The number of amides is 2. The highest BCUT2D eigenvalue weighted by Gasteiger charge is 2.62.